The molecule has 3 aromatic rings. The van der Waals surface area contributed by atoms with E-state index in [1.165, 1.54) is 12.1 Å². The van der Waals surface area contributed by atoms with Crippen LogP contribution in [0.3, 0.4) is 0 Å². The lowest BCUT2D eigenvalue weighted by Crippen LogP contribution is -2.23. The number of nitriles is 1. The van der Waals surface area contributed by atoms with E-state index in [2.05, 4.69) is 26.9 Å². The second-order valence-electron chi connectivity index (χ2n) is 7.04. The lowest BCUT2D eigenvalue weighted by molar-refractivity contribution is 0.449. The van der Waals surface area contributed by atoms with E-state index in [0.29, 0.717) is 15.1 Å². The molecule has 0 amide bonds. The van der Waals surface area contributed by atoms with E-state index in [9.17, 15) is 9.65 Å². The SMILES string of the molecule is N#Cc1cccc([C@H](c2ccc(Cl)cc2)N2C=CC=CC=C2c2cc(F)cc(Br)c2)c1. The normalized spacial score (nSPS) is 14.0. The molecule has 0 spiro atoms. The minimum atomic E-state index is -0.322. The van der Waals surface area contributed by atoms with E-state index in [4.69, 9.17) is 11.6 Å². The standard InChI is InChI=1S/C26H17BrClFN2/c27-22-14-21(15-24(29)16-22)25-7-2-1-3-12-31(25)26(19-8-10-23(28)11-9-19)20-6-4-5-18(13-20)17-30/h1-16,26H/t26-/m0/s1. The molecule has 2 nitrogen and oxygen atoms in total. The predicted molar refractivity (Wildman–Crippen MR) is 127 cm³/mol. The smallest absolute Gasteiger partial charge is 0.125 e. The van der Waals surface area contributed by atoms with E-state index >= 15 is 0 Å². The van der Waals surface area contributed by atoms with Crippen molar-refractivity contribution in [2.45, 2.75) is 6.04 Å². The van der Waals surface area contributed by atoms with Gasteiger partial charge in [0.05, 0.1) is 17.7 Å². The van der Waals surface area contributed by atoms with Gasteiger partial charge in [-0.3, -0.25) is 0 Å². The molecule has 1 atom stereocenters. The van der Waals surface area contributed by atoms with Crippen LogP contribution in [-0.4, -0.2) is 4.90 Å². The van der Waals surface area contributed by atoms with E-state index in [-0.39, 0.29) is 11.9 Å². The molecule has 3 aromatic carbocycles. The minimum Gasteiger partial charge on any atom is -0.336 e. The monoisotopic (exact) mass is 490 g/mol. The van der Waals surface area contributed by atoms with Crippen molar-refractivity contribution in [1.82, 2.24) is 4.90 Å². The molecule has 1 aliphatic rings. The van der Waals surface area contributed by atoms with Gasteiger partial charge in [-0.2, -0.15) is 5.26 Å². The molecule has 0 aromatic heterocycles. The summed E-state index contributed by atoms with van der Waals surface area (Å²) in [7, 11) is 0. The topological polar surface area (TPSA) is 27.0 Å². The van der Waals surface area contributed by atoms with E-state index in [1.807, 2.05) is 79.0 Å². The van der Waals surface area contributed by atoms with Crippen molar-refractivity contribution in [2.24, 2.45) is 0 Å². The average molecular weight is 492 g/mol. The van der Waals surface area contributed by atoms with Crippen LogP contribution in [0.4, 0.5) is 4.39 Å². The average Bonchev–Trinajstić information content (AvgIpc) is 3.01. The van der Waals surface area contributed by atoms with Crippen LogP contribution in [0.2, 0.25) is 5.02 Å². The molecule has 0 unspecified atom stereocenters. The predicted octanol–water partition coefficient (Wildman–Crippen LogP) is 7.63. The van der Waals surface area contributed by atoms with Crippen LogP contribution >= 0.6 is 27.5 Å². The van der Waals surface area contributed by atoms with Crippen molar-refractivity contribution in [3.05, 3.63) is 135 Å². The maximum atomic E-state index is 14.2. The van der Waals surface area contributed by atoms with Crippen LogP contribution in [0, 0.1) is 17.1 Å². The Kier molecular flexibility index (Phi) is 6.36. The zero-order valence-corrected chi connectivity index (χ0v) is 18.7. The second-order valence-corrected chi connectivity index (χ2v) is 8.39. The lowest BCUT2D eigenvalue weighted by atomic mass is 9.94. The van der Waals surface area contributed by atoms with Gasteiger partial charge in [0.15, 0.2) is 0 Å². The first-order valence-electron chi connectivity index (χ1n) is 9.60. The molecule has 0 saturated carbocycles. The number of halogens is 3. The van der Waals surface area contributed by atoms with Gasteiger partial charge in [0.25, 0.3) is 0 Å². The summed E-state index contributed by atoms with van der Waals surface area (Å²) in [5, 5.41) is 10.1. The molecule has 31 heavy (non-hydrogen) atoms. The Hall–Kier alpha value is -3.13. The van der Waals surface area contributed by atoms with E-state index in [0.717, 1.165) is 22.4 Å². The number of nitrogens with zero attached hydrogens (tertiary/aromatic N) is 2. The van der Waals surface area contributed by atoms with Gasteiger partial charge in [-0.1, -0.05) is 63.9 Å². The third-order valence-corrected chi connectivity index (χ3v) is 5.66. The minimum absolute atomic E-state index is 0.255. The maximum absolute atomic E-state index is 14.2. The Morgan fingerprint density at radius 1 is 0.935 bits per heavy atom. The zero-order chi connectivity index (χ0) is 21.8. The van der Waals surface area contributed by atoms with Gasteiger partial charge < -0.3 is 4.90 Å². The number of hydrogen-bond acceptors (Lipinski definition) is 2. The summed E-state index contributed by atoms with van der Waals surface area (Å²) in [6.45, 7) is 0. The quantitative estimate of drug-likeness (QED) is 0.375. The van der Waals surface area contributed by atoms with Crippen LogP contribution in [0.5, 0.6) is 0 Å². The van der Waals surface area contributed by atoms with Crippen molar-refractivity contribution in [3.63, 3.8) is 0 Å². The van der Waals surface area contributed by atoms with Crippen molar-refractivity contribution >= 4 is 33.2 Å². The fourth-order valence-corrected chi connectivity index (χ4v) is 4.22. The van der Waals surface area contributed by atoms with Gasteiger partial charge in [0.1, 0.15) is 5.82 Å². The first-order chi connectivity index (χ1) is 15.0. The van der Waals surface area contributed by atoms with Gasteiger partial charge in [0, 0.05) is 27.0 Å². The van der Waals surface area contributed by atoms with Crippen LogP contribution in [0.1, 0.15) is 28.3 Å². The molecule has 0 N–H and O–H groups in total. The summed E-state index contributed by atoms with van der Waals surface area (Å²) in [6.07, 6.45) is 9.72. The molecule has 152 valence electrons. The Balaban J connectivity index is 1.91. The highest BCUT2D eigenvalue weighted by Crippen LogP contribution is 2.37. The van der Waals surface area contributed by atoms with Gasteiger partial charge in [-0.15, -0.1) is 0 Å². The molecular weight excluding hydrogens is 475 g/mol. The van der Waals surface area contributed by atoms with E-state index < -0.39 is 0 Å². The van der Waals surface area contributed by atoms with Gasteiger partial charge >= 0.3 is 0 Å². The van der Waals surface area contributed by atoms with Crippen LogP contribution in [-0.2, 0) is 0 Å². The molecule has 0 aliphatic carbocycles. The fraction of sp³-hybridized carbons (Fsp3) is 0.0385. The highest BCUT2D eigenvalue weighted by atomic mass is 79.9. The molecule has 0 radical (unpaired) electrons. The third-order valence-electron chi connectivity index (χ3n) is 4.95. The summed E-state index contributed by atoms with van der Waals surface area (Å²) in [4.78, 5) is 2.08. The highest BCUT2D eigenvalue weighted by Gasteiger charge is 2.25. The number of rotatable bonds is 4. The number of hydrogen-bond donors (Lipinski definition) is 0. The number of allylic oxidation sites excluding steroid dienone is 4. The summed E-state index contributed by atoms with van der Waals surface area (Å²) >= 11 is 9.54. The summed E-state index contributed by atoms with van der Waals surface area (Å²) in [6, 6.07) is 22.0. The highest BCUT2D eigenvalue weighted by molar-refractivity contribution is 9.10. The molecule has 1 heterocycles. The lowest BCUT2D eigenvalue weighted by Gasteiger charge is -2.33. The molecule has 0 saturated heterocycles. The molecule has 0 fully saturated rings. The van der Waals surface area contributed by atoms with Crippen molar-refractivity contribution in [1.29, 1.82) is 5.26 Å². The van der Waals surface area contributed by atoms with E-state index in [1.54, 1.807) is 6.07 Å². The van der Waals surface area contributed by atoms with Crippen LogP contribution in [0.25, 0.3) is 5.70 Å². The molecule has 1 aliphatic heterocycles. The van der Waals surface area contributed by atoms with Crippen LogP contribution in [0.15, 0.2) is 102 Å². The molecule has 0 bridgehead atoms. The zero-order valence-electron chi connectivity index (χ0n) is 16.3. The largest absolute Gasteiger partial charge is 0.336 e. The van der Waals surface area contributed by atoms with Crippen molar-refractivity contribution < 1.29 is 4.39 Å². The van der Waals surface area contributed by atoms with Crippen molar-refractivity contribution in [2.75, 3.05) is 0 Å². The molecular formula is C26H17BrClFN2. The van der Waals surface area contributed by atoms with Gasteiger partial charge in [0.2, 0.25) is 0 Å². The fourth-order valence-electron chi connectivity index (χ4n) is 3.63. The summed E-state index contributed by atoms with van der Waals surface area (Å²) in [5.74, 6) is -0.322. The first-order valence-corrected chi connectivity index (χ1v) is 10.8. The molecule has 5 heteroatoms. The van der Waals surface area contributed by atoms with Gasteiger partial charge in [-0.25, -0.2) is 4.39 Å². The van der Waals surface area contributed by atoms with Gasteiger partial charge in [-0.05, 0) is 65.7 Å². The Morgan fingerprint density at radius 3 is 2.48 bits per heavy atom. The van der Waals surface area contributed by atoms with Crippen molar-refractivity contribution in [3.8, 4) is 6.07 Å². The Labute approximate surface area is 194 Å². The third kappa shape index (κ3) is 4.80. The first kappa shape index (κ1) is 21.1. The molecule has 4 rings (SSSR count). The Bertz CT molecular complexity index is 1220. The summed E-state index contributed by atoms with van der Waals surface area (Å²) in [5.41, 5.74) is 4.07. The summed E-state index contributed by atoms with van der Waals surface area (Å²) < 4.78 is 14.9. The Morgan fingerprint density at radius 2 is 1.74 bits per heavy atom. The maximum Gasteiger partial charge on any atom is 0.125 e. The van der Waals surface area contributed by atoms with Crippen LogP contribution < -0.4 is 0 Å². The number of benzene rings is 3. The second kappa shape index (κ2) is 9.34.